The monoisotopic (exact) mass is 196 g/mol. The van der Waals surface area contributed by atoms with E-state index < -0.39 is 0 Å². The molecule has 1 fully saturated rings. The van der Waals surface area contributed by atoms with Crippen LogP contribution in [-0.4, -0.2) is 30.4 Å². The molecule has 1 aliphatic heterocycles. The van der Waals surface area contributed by atoms with Crippen LogP contribution in [0.1, 0.15) is 27.1 Å². The molecule has 0 aromatic rings. The maximum atomic E-state index is 10.4. The van der Waals surface area contributed by atoms with Crippen LogP contribution in [0.5, 0.6) is 0 Å². The van der Waals surface area contributed by atoms with Gasteiger partial charge in [0.05, 0.1) is 0 Å². The minimum atomic E-state index is -0.185. The smallest absolute Gasteiger partial charge is 1.00 e. The SMILES string of the molecule is NC(=O)CCN1CCCCC1.[H-].[K+]. The second-order valence-electron chi connectivity index (χ2n) is 3.12. The van der Waals surface area contributed by atoms with Gasteiger partial charge in [0.2, 0.25) is 5.91 Å². The van der Waals surface area contributed by atoms with Crippen LogP contribution in [0.3, 0.4) is 0 Å². The van der Waals surface area contributed by atoms with E-state index >= 15 is 0 Å². The summed E-state index contributed by atoms with van der Waals surface area (Å²) in [6.07, 6.45) is 4.41. The van der Waals surface area contributed by atoms with E-state index in [0.717, 1.165) is 19.6 Å². The molecule has 0 atom stereocenters. The second-order valence-corrected chi connectivity index (χ2v) is 3.12. The molecule has 1 saturated heterocycles. The van der Waals surface area contributed by atoms with Crippen molar-refractivity contribution in [2.24, 2.45) is 5.73 Å². The number of hydrogen-bond donors (Lipinski definition) is 1. The fraction of sp³-hybridized carbons (Fsp3) is 0.875. The van der Waals surface area contributed by atoms with Gasteiger partial charge in [-0.1, -0.05) is 6.42 Å². The molecule has 0 bridgehead atoms. The van der Waals surface area contributed by atoms with Crippen molar-refractivity contribution in [3.63, 3.8) is 0 Å². The summed E-state index contributed by atoms with van der Waals surface area (Å²) < 4.78 is 0. The van der Waals surface area contributed by atoms with Gasteiger partial charge < -0.3 is 12.1 Å². The summed E-state index contributed by atoms with van der Waals surface area (Å²) in [5.41, 5.74) is 5.04. The number of likely N-dealkylation sites (tertiary alicyclic amines) is 1. The Morgan fingerprint density at radius 1 is 1.33 bits per heavy atom. The first-order valence-electron chi connectivity index (χ1n) is 4.30. The molecule has 2 N–H and O–H groups in total. The molecule has 12 heavy (non-hydrogen) atoms. The Morgan fingerprint density at radius 2 is 1.92 bits per heavy atom. The number of amides is 1. The first-order valence-corrected chi connectivity index (χ1v) is 4.30. The van der Waals surface area contributed by atoms with Crippen molar-refractivity contribution in [3.8, 4) is 0 Å². The fourth-order valence-electron chi connectivity index (χ4n) is 1.45. The normalized spacial score (nSPS) is 18.3. The predicted molar refractivity (Wildman–Crippen MR) is 45.2 cm³/mol. The fourth-order valence-corrected chi connectivity index (χ4v) is 1.45. The number of hydrogen-bond acceptors (Lipinski definition) is 2. The number of carbonyl (C=O) groups is 1. The molecular formula is C8H17KN2O. The van der Waals surface area contributed by atoms with Gasteiger partial charge in [-0.25, -0.2) is 0 Å². The Morgan fingerprint density at radius 3 is 2.42 bits per heavy atom. The number of nitrogens with zero attached hydrogens (tertiary/aromatic N) is 1. The summed E-state index contributed by atoms with van der Waals surface area (Å²) in [6.45, 7) is 3.15. The Bertz CT molecular complexity index is 140. The van der Waals surface area contributed by atoms with Crippen LogP contribution >= 0.6 is 0 Å². The van der Waals surface area contributed by atoms with Gasteiger partial charge in [0, 0.05) is 13.0 Å². The van der Waals surface area contributed by atoms with E-state index in [1.54, 1.807) is 0 Å². The molecule has 1 aliphatic rings. The van der Waals surface area contributed by atoms with Crippen molar-refractivity contribution < 1.29 is 57.6 Å². The van der Waals surface area contributed by atoms with Crippen molar-refractivity contribution in [1.29, 1.82) is 0 Å². The average molecular weight is 196 g/mol. The van der Waals surface area contributed by atoms with E-state index in [2.05, 4.69) is 4.90 Å². The van der Waals surface area contributed by atoms with Gasteiger partial charge in [-0.3, -0.25) is 4.79 Å². The molecule has 0 spiro atoms. The molecular weight excluding hydrogens is 179 g/mol. The van der Waals surface area contributed by atoms with Crippen molar-refractivity contribution in [1.82, 2.24) is 4.90 Å². The molecule has 1 rings (SSSR count). The van der Waals surface area contributed by atoms with Crippen LogP contribution in [0.15, 0.2) is 0 Å². The Kier molecular flexibility index (Phi) is 8.13. The van der Waals surface area contributed by atoms with Crippen molar-refractivity contribution in [2.75, 3.05) is 19.6 Å². The Balaban J connectivity index is 0. The Labute approximate surface area is 118 Å². The summed E-state index contributed by atoms with van der Waals surface area (Å²) in [7, 11) is 0. The molecule has 0 aliphatic carbocycles. The second kappa shape index (κ2) is 7.47. The first kappa shape index (κ1) is 13.1. The molecule has 0 radical (unpaired) electrons. The third-order valence-corrected chi connectivity index (χ3v) is 2.12. The standard InChI is InChI=1S/C8H16N2O.K.H/c9-8(11)4-7-10-5-2-1-3-6-10;;/h1-7H2,(H2,9,11);;/q;+1;-1. The summed E-state index contributed by atoms with van der Waals surface area (Å²) in [4.78, 5) is 12.8. The van der Waals surface area contributed by atoms with Crippen LogP contribution in [0.4, 0.5) is 0 Å². The molecule has 4 heteroatoms. The third kappa shape index (κ3) is 5.67. The quantitative estimate of drug-likeness (QED) is 0.506. The van der Waals surface area contributed by atoms with E-state index in [4.69, 9.17) is 5.73 Å². The molecule has 0 saturated carbocycles. The minimum Gasteiger partial charge on any atom is -1.00 e. The van der Waals surface area contributed by atoms with Gasteiger partial charge in [0.15, 0.2) is 0 Å². The van der Waals surface area contributed by atoms with Gasteiger partial charge in [-0.05, 0) is 25.9 Å². The number of carbonyl (C=O) groups excluding carboxylic acids is 1. The zero-order valence-corrected chi connectivity index (χ0v) is 11.0. The molecule has 0 aromatic carbocycles. The topological polar surface area (TPSA) is 46.3 Å². The van der Waals surface area contributed by atoms with Crippen LogP contribution in [0, 0.1) is 0 Å². The van der Waals surface area contributed by atoms with Crippen LogP contribution in [0.2, 0.25) is 0 Å². The number of primary amides is 1. The number of piperidine rings is 1. The number of rotatable bonds is 3. The maximum Gasteiger partial charge on any atom is 1.00 e. The first-order chi connectivity index (χ1) is 5.29. The molecule has 1 heterocycles. The van der Waals surface area contributed by atoms with Gasteiger partial charge in [0.1, 0.15) is 0 Å². The van der Waals surface area contributed by atoms with Crippen LogP contribution in [0.25, 0.3) is 0 Å². The summed E-state index contributed by atoms with van der Waals surface area (Å²) >= 11 is 0. The van der Waals surface area contributed by atoms with E-state index in [1.807, 2.05) is 0 Å². The maximum absolute atomic E-state index is 10.4. The van der Waals surface area contributed by atoms with Gasteiger partial charge in [-0.15, -0.1) is 0 Å². The third-order valence-electron chi connectivity index (χ3n) is 2.12. The van der Waals surface area contributed by atoms with E-state index in [-0.39, 0.29) is 58.7 Å². The molecule has 0 unspecified atom stereocenters. The Hall–Kier alpha value is 1.07. The van der Waals surface area contributed by atoms with Crippen molar-refractivity contribution >= 4 is 5.91 Å². The molecule has 0 aromatic heterocycles. The average Bonchev–Trinajstić information content (AvgIpc) is 2.03. The molecule has 3 nitrogen and oxygen atoms in total. The van der Waals surface area contributed by atoms with Gasteiger partial charge in [0.25, 0.3) is 0 Å². The minimum absolute atomic E-state index is 0. The summed E-state index contributed by atoms with van der Waals surface area (Å²) in [5, 5.41) is 0. The zero-order valence-electron chi connectivity index (χ0n) is 8.88. The van der Waals surface area contributed by atoms with Crippen LogP contribution < -0.4 is 57.1 Å². The number of nitrogens with two attached hydrogens (primary N) is 1. The van der Waals surface area contributed by atoms with E-state index in [1.165, 1.54) is 19.3 Å². The zero-order chi connectivity index (χ0) is 8.10. The van der Waals surface area contributed by atoms with Crippen molar-refractivity contribution in [2.45, 2.75) is 25.7 Å². The van der Waals surface area contributed by atoms with Crippen molar-refractivity contribution in [3.05, 3.63) is 0 Å². The molecule has 66 valence electrons. The summed E-state index contributed by atoms with van der Waals surface area (Å²) in [5.74, 6) is -0.185. The van der Waals surface area contributed by atoms with E-state index in [0.29, 0.717) is 6.42 Å². The van der Waals surface area contributed by atoms with Gasteiger partial charge >= 0.3 is 51.4 Å². The molecule has 1 amide bonds. The summed E-state index contributed by atoms with van der Waals surface area (Å²) in [6, 6.07) is 0. The largest absolute Gasteiger partial charge is 1.00 e. The predicted octanol–water partition coefficient (Wildman–Crippen LogP) is -2.54. The van der Waals surface area contributed by atoms with Crippen LogP contribution in [-0.2, 0) is 4.79 Å². The van der Waals surface area contributed by atoms with E-state index in [9.17, 15) is 4.79 Å². The van der Waals surface area contributed by atoms with Gasteiger partial charge in [-0.2, -0.15) is 0 Å².